The van der Waals surface area contributed by atoms with Crippen LogP contribution in [0.2, 0.25) is 0 Å². The van der Waals surface area contributed by atoms with E-state index in [1.54, 1.807) is 16.3 Å². The third-order valence-corrected chi connectivity index (χ3v) is 4.53. The third-order valence-electron chi connectivity index (χ3n) is 3.52. The molecule has 0 aromatic carbocycles. The average Bonchev–Trinajstić information content (AvgIpc) is 2.90. The molecule has 0 spiro atoms. The van der Waals surface area contributed by atoms with Crippen molar-refractivity contribution >= 4 is 11.8 Å². The molecule has 1 N–H and O–H groups in total. The first-order valence-corrected chi connectivity index (χ1v) is 7.69. The van der Waals surface area contributed by atoms with Gasteiger partial charge in [0.2, 0.25) is 0 Å². The number of nitrogens with zero attached hydrogens (tertiary/aromatic N) is 3. The Bertz CT molecular complexity index is 428. The SMILES string of the molecule is CCCn1c(SCCC2CCCN2C)n[nH]c1=O. The molecular weight excluding hydrogens is 248 g/mol. The number of hydrogen-bond acceptors (Lipinski definition) is 4. The zero-order valence-electron chi connectivity index (χ0n) is 11.2. The maximum Gasteiger partial charge on any atom is 0.343 e. The van der Waals surface area contributed by atoms with Crippen LogP contribution in [-0.2, 0) is 6.54 Å². The van der Waals surface area contributed by atoms with Crippen LogP contribution < -0.4 is 5.69 Å². The van der Waals surface area contributed by atoms with Crippen molar-refractivity contribution in [2.45, 2.75) is 50.4 Å². The summed E-state index contributed by atoms with van der Waals surface area (Å²) in [5.74, 6) is 1.03. The minimum atomic E-state index is -0.0858. The van der Waals surface area contributed by atoms with E-state index in [1.165, 1.54) is 25.8 Å². The summed E-state index contributed by atoms with van der Waals surface area (Å²) in [6.45, 7) is 4.04. The Morgan fingerprint density at radius 1 is 1.56 bits per heavy atom. The third kappa shape index (κ3) is 3.17. The summed E-state index contributed by atoms with van der Waals surface area (Å²) in [7, 11) is 2.20. The lowest BCUT2D eigenvalue weighted by atomic mass is 10.2. The van der Waals surface area contributed by atoms with Gasteiger partial charge in [0, 0.05) is 18.3 Å². The van der Waals surface area contributed by atoms with Crippen molar-refractivity contribution in [1.29, 1.82) is 0 Å². The lowest BCUT2D eigenvalue weighted by Crippen LogP contribution is -2.25. The second kappa shape index (κ2) is 6.43. The highest BCUT2D eigenvalue weighted by atomic mass is 32.2. The fourth-order valence-electron chi connectivity index (χ4n) is 2.46. The van der Waals surface area contributed by atoms with Crippen molar-refractivity contribution in [1.82, 2.24) is 19.7 Å². The van der Waals surface area contributed by atoms with Crippen LogP contribution in [-0.4, -0.2) is 45.1 Å². The van der Waals surface area contributed by atoms with Gasteiger partial charge in [-0.3, -0.25) is 4.57 Å². The van der Waals surface area contributed by atoms with Gasteiger partial charge >= 0.3 is 5.69 Å². The Morgan fingerprint density at radius 2 is 2.39 bits per heavy atom. The van der Waals surface area contributed by atoms with Crippen molar-refractivity contribution in [3.63, 3.8) is 0 Å². The summed E-state index contributed by atoms with van der Waals surface area (Å²) >= 11 is 1.69. The van der Waals surface area contributed by atoms with Gasteiger partial charge in [-0.05, 0) is 39.3 Å². The zero-order chi connectivity index (χ0) is 13.0. The number of nitrogens with one attached hydrogen (secondary N) is 1. The van der Waals surface area contributed by atoms with Gasteiger partial charge in [-0.2, -0.15) is 0 Å². The standard InChI is InChI=1S/C12H22N4OS/c1-3-7-16-11(17)13-14-12(16)18-9-6-10-5-4-8-15(10)2/h10H,3-9H2,1-2H3,(H,13,17). The molecule has 1 aromatic heterocycles. The molecule has 0 amide bonds. The Balaban J connectivity index is 1.84. The van der Waals surface area contributed by atoms with E-state index in [-0.39, 0.29) is 5.69 Å². The minimum Gasteiger partial charge on any atom is -0.303 e. The van der Waals surface area contributed by atoms with Crippen LogP contribution in [0.25, 0.3) is 0 Å². The monoisotopic (exact) mass is 270 g/mol. The fourth-order valence-corrected chi connectivity index (χ4v) is 3.48. The maximum atomic E-state index is 11.5. The summed E-state index contributed by atoms with van der Waals surface area (Å²) in [6.07, 6.45) is 4.75. The lowest BCUT2D eigenvalue weighted by molar-refractivity contribution is 0.305. The van der Waals surface area contributed by atoms with E-state index >= 15 is 0 Å². The van der Waals surface area contributed by atoms with Gasteiger partial charge in [-0.1, -0.05) is 18.7 Å². The van der Waals surface area contributed by atoms with Gasteiger partial charge in [0.25, 0.3) is 0 Å². The highest BCUT2D eigenvalue weighted by Gasteiger charge is 2.20. The highest BCUT2D eigenvalue weighted by molar-refractivity contribution is 7.99. The first-order valence-electron chi connectivity index (χ1n) is 6.70. The van der Waals surface area contributed by atoms with Crippen LogP contribution in [0.5, 0.6) is 0 Å². The number of aromatic nitrogens is 3. The molecule has 1 saturated heterocycles. The molecule has 2 heterocycles. The van der Waals surface area contributed by atoms with E-state index in [9.17, 15) is 4.79 Å². The van der Waals surface area contributed by atoms with E-state index in [4.69, 9.17) is 0 Å². The van der Waals surface area contributed by atoms with Crippen molar-refractivity contribution < 1.29 is 0 Å². The van der Waals surface area contributed by atoms with Gasteiger partial charge in [0.15, 0.2) is 5.16 Å². The number of thioether (sulfide) groups is 1. The number of H-pyrrole nitrogens is 1. The topological polar surface area (TPSA) is 53.9 Å². The van der Waals surface area contributed by atoms with Gasteiger partial charge in [0.05, 0.1) is 0 Å². The van der Waals surface area contributed by atoms with Crippen LogP contribution in [0.15, 0.2) is 9.95 Å². The molecule has 0 bridgehead atoms. The van der Waals surface area contributed by atoms with E-state index in [1.807, 2.05) is 0 Å². The quantitative estimate of drug-likeness (QED) is 0.797. The molecule has 0 aliphatic carbocycles. The molecule has 1 unspecified atom stereocenters. The predicted molar refractivity (Wildman–Crippen MR) is 74.1 cm³/mol. The number of hydrogen-bond donors (Lipinski definition) is 1. The van der Waals surface area contributed by atoms with Crippen LogP contribution in [0, 0.1) is 0 Å². The zero-order valence-corrected chi connectivity index (χ0v) is 12.0. The van der Waals surface area contributed by atoms with Gasteiger partial charge in [0.1, 0.15) is 0 Å². The van der Waals surface area contributed by atoms with Gasteiger partial charge < -0.3 is 4.90 Å². The molecule has 18 heavy (non-hydrogen) atoms. The Kier molecular flexibility index (Phi) is 4.88. The smallest absolute Gasteiger partial charge is 0.303 e. The number of likely N-dealkylation sites (tertiary alicyclic amines) is 1. The summed E-state index contributed by atoms with van der Waals surface area (Å²) in [5.41, 5.74) is -0.0858. The van der Waals surface area contributed by atoms with Crippen molar-refractivity contribution in [2.24, 2.45) is 0 Å². The predicted octanol–water partition coefficient (Wildman–Crippen LogP) is 1.56. The van der Waals surface area contributed by atoms with E-state index < -0.39 is 0 Å². The van der Waals surface area contributed by atoms with E-state index in [0.717, 1.165) is 23.9 Å². The second-order valence-electron chi connectivity index (χ2n) is 4.88. The molecule has 2 rings (SSSR count). The van der Waals surface area contributed by atoms with Gasteiger partial charge in [-0.25, -0.2) is 9.89 Å². The molecule has 1 aromatic rings. The molecule has 6 heteroatoms. The Morgan fingerprint density at radius 3 is 3.06 bits per heavy atom. The molecule has 0 saturated carbocycles. The van der Waals surface area contributed by atoms with Crippen LogP contribution in [0.3, 0.4) is 0 Å². The average molecular weight is 270 g/mol. The fraction of sp³-hybridized carbons (Fsp3) is 0.833. The first-order chi connectivity index (χ1) is 8.72. The van der Waals surface area contributed by atoms with E-state index in [2.05, 4.69) is 29.1 Å². The van der Waals surface area contributed by atoms with Crippen molar-refractivity contribution in [3.05, 3.63) is 10.5 Å². The largest absolute Gasteiger partial charge is 0.343 e. The Hall–Kier alpha value is -0.750. The maximum absolute atomic E-state index is 11.5. The molecule has 1 fully saturated rings. The van der Waals surface area contributed by atoms with Crippen molar-refractivity contribution in [2.75, 3.05) is 19.3 Å². The summed E-state index contributed by atoms with van der Waals surface area (Å²) in [4.78, 5) is 14.0. The van der Waals surface area contributed by atoms with E-state index in [0.29, 0.717) is 6.04 Å². The molecule has 1 aliphatic heterocycles. The molecule has 1 aliphatic rings. The normalized spacial score (nSPS) is 20.7. The van der Waals surface area contributed by atoms with Crippen LogP contribution in [0.4, 0.5) is 0 Å². The molecule has 5 nitrogen and oxygen atoms in total. The minimum absolute atomic E-state index is 0.0858. The second-order valence-corrected chi connectivity index (χ2v) is 5.94. The molecule has 102 valence electrons. The van der Waals surface area contributed by atoms with Crippen molar-refractivity contribution in [3.8, 4) is 0 Å². The summed E-state index contributed by atoms with van der Waals surface area (Å²) < 4.78 is 1.74. The molecular formula is C12H22N4OS. The summed E-state index contributed by atoms with van der Waals surface area (Å²) in [6, 6.07) is 0.711. The molecule has 1 atom stereocenters. The molecule has 0 radical (unpaired) electrons. The number of aromatic amines is 1. The highest BCUT2D eigenvalue weighted by Crippen LogP contribution is 2.22. The number of rotatable bonds is 6. The Labute approximate surface area is 112 Å². The first kappa shape index (κ1) is 13.7. The van der Waals surface area contributed by atoms with Crippen LogP contribution in [0.1, 0.15) is 32.6 Å². The van der Waals surface area contributed by atoms with Crippen LogP contribution >= 0.6 is 11.8 Å². The van der Waals surface area contributed by atoms with Gasteiger partial charge in [-0.15, -0.1) is 5.10 Å². The lowest BCUT2D eigenvalue weighted by Gasteiger charge is -2.18. The summed E-state index contributed by atoms with van der Waals surface area (Å²) in [5, 5.41) is 7.46.